The van der Waals surface area contributed by atoms with Gasteiger partial charge in [-0.3, -0.25) is 14.2 Å². The molecule has 3 aromatic rings. The Morgan fingerprint density at radius 2 is 1.94 bits per heavy atom. The number of benzene rings is 2. The number of aromatic nitrogens is 2. The largest absolute Gasteiger partial charge is 0.452 e. The summed E-state index contributed by atoms with van der Waals surface area (Å²) in [5.74, 6) is -0.664. The van der Waals surface area contributed by atoms with Gasteiger partial charge in [-0.1, -0.05) is 25.0 Å². The van der Waals surface area contributed by atoms with Crippen molar-refractivity contribution in [2.75, 3.05) is 13.2 Å². The number of nitrogens with zero attached hydrogens (tertiary/aromatic N) is 3. The molecular formula is C26H28FN3O4. The summed E-state index contributed by atoms with van der Waals surface area (Å²) in [6.45, 7) is 2.64. The van der Waals surface area contributed by atoms with E-state index < -0.39 is 12.6 Å². The fourth-order valence-corrected chi connectivity index (χ4v) is 4.26. The second kappa shape index (κ2) is 10.6. The van der Waals surface area contributed by atoms with Crippen LogP contribution in [0.3, 0.4) is 0 Å². The number of halogens is 1. The number of amides is 1. The number of ether oxygens (including phenoxy) is 1. The van der Waals surface area contributed by atoms with Gasteiger partial charge in [0.2, 0.25) is 0 Å². The highest BCUT2D eigenvalue weighted by Crippen LogP contribution is 2.17. The Kier molecular flexibility index (Phi) is 7.35. The number of carbonyl (C=O) groups excluding carboxylic acids is 2. The first-order valence-corrected chi connectivity index (χ1v) is 11.7. The van der Waals surface area contributed by atoms with Crippen LogP contribution >= 0.6 is 0 Å². The van der Waals surface area contributed by atoms with Gasteiger partial charge in [0.05, 0.1) is 16.5 Å². The number of aryl methyl sites for hydroxylation is 1. The smallest absolute Gasteiger partial charge is 0.338 e. The lowest BCUT2D eigenvalue weighted by Gasteiger charge is -2.21. The van der Waals surface area contributed by atoms with Gasteiger partial charge in [0.25, 0.3) is 11.5 Å². The quantitative estimate of drug-likeness (QED) is 0.517. The molecule has 1 aliphatic rings. The van der Waals surface area contributed by atoms with Crippen LogP contribution in [0.5, 0.6) is 0 Å². The minimum Gasteiger partial charge on any atom is -0.452 e. The van der Waals surface area contributed by atoms with Crippen molar-refractivity contribution in [1.29, 1.82) is 0 Å². The molecule has 0 aliphatic carbocycles. The Morgan fingerprint density at radius 1 is 1.12 bits per heavy atom. The summed E-state index contributed by atoms with van der Waals surface area (Å²) < 4.78 is 20.4. The van der Waals surface area contributed by atoms with E-state index in [0.29, 0.717) is 29.6 Å². The van der Waals surface area contributed by atoms with Gasteiger partial charge in [0.15, 0.2) is 6.61 Å². The topological polar surface area (TPSA) is 81.5 Å². The standard InChI is InChI=1S/C26H28FN3O4/c1-2-29(16-18-8-7-9-20(27)14-18)24(31)17-34-26(33)19-11-12-21-22(15-19)28-23-10-5-3-4-6-13-30(23)25(21)32/h7-9,11-12,14-15H,2-6,10,13,16-17H2,1H3. The highest BCUT2D eigenvalue weighted by atomic mass is 19.1. The lowest BCUT2D eigenvalue weighted by Crippen LogP contribution is -2.34. The van der Waals surface area contributed by atoms with Crippen molar-refractivity contribution in [3.63, 3.8) is 0 Å². The van der Waals surface area contributed by atoms with Crippen molar-refractivity contribution in [3.05, 3.63) is 75.6 Å². The average molecular weight is 466 g/mol. The molecule has 1 aliphatic heterocycles. The van der Waals surface area contributed by atoms with Crippen LogP contribution < -0.4 is 5.56 Å². The molecule has 0 unspecified atom stereocenters. The molecule has 2 aromatic carbocycles. The first-order chi connectivity index (χ1) is 16.5. The minimum absolute atomic E-state index is 0.0899. The molecule has 0 fully saturated rings. The number of esters is 1. The molecule has 0 spiro atoms. The average Bonchev–Trinajstić information content (AvgIpc) is 2.81. The SMILES string of the molecule is CCN(Cc1cccc(F)c1)C(=O)COC(=O)c1ccc2c(=O)n3c(nc2c1)CCCCCC3. The molecule has 0 saturated carbocycles. The van der Waals surface area contributed by atoms with E-state index in [-0.39, 0.29) is 29.4 Å². The zero-order valence-corrected chi connectivity index (χ0v) is 19.3. The first kappa shape index (κ1) is 23.6. The maximum Gasteiger partial charge on any atom is 0.338 e. The highest BCUT2D eigenvalue weighted by Gasteiger charge is 2.18. The summed E-state index contributed by atoms with van der Waals surface area (Å²) in [6.07, 6.45) is 4.87. The molecule has 4 rings (SSSR count). The van der Waals surface area contributed by atoms with Gasteiger partial charge in [0.1, 0.15) is 11.6 Å². The number of hydrogen-bond acceptors (Lipinski definition) is 5. The Hall–Kier alpha value is -3.55. The molecule has 8 heteroatoms. The molecule has 34 heavy (non-hydrogen) atoms. The Bertz CT molecular complexity index is 1270. The third-order valence-corrected chi connectivity index (χ3v) is 6.13. The molecule has 0 saturated heterocycles. The summed E-state index contributed by atoms with van der Waals surface area (Å²) in [5, 5.41) is 0.462. The van der Waals surface area contributed by atoms with E-state index >= 15 is 0 Å². The molecular weight excluding hydrogens is 437 g/mol. The van der Waals surface area contributed by atoms with Gasteiger partial charge < -0.3 is 9.64 Å². The van der Waals surface area contributed by atoms with Gasteiger partial charge in [-0.2, -0.15) is 0 Å². The molecule has 0 N–H and O–H groups in total. The van der Waals surface area contributed by atoms with E-state index in [4.69, 9.17) is 4.74 Å². The zero-order chi connectivity index (χ0) is 24.1. The van der Waals surface area contributed by atoms with Gasteiger partial charge in [-0.05, 0) is 55.7 Å². The molecule has 0 bridgehead atoms. The number of likely N-dealkylation sites (N-methyl/N-ethyl adjacent to an activating group) is 1. The van der Waals surface area contributed by atoms with Crippen molar-refractivity contribution >= 4 is 22.8 Å². The van der Waals surface area contributed by atoms with E-state index in [1.807, 2.05) is 0 Å². The van der Waals surface area contributed by atoms with Crippen molar-refractivity contribution in [1.82, 2.24) is 14.5 Å². The highest BCUT2D eigenvalue weighted by molar-refractivity contribution is 5.95. The summed E-state index contributed by atoms with van der Waals surface area (Å²) in [6, 6.07) is 10.7. The number of fused-ring (bicyclic) bond motifs is 2. The number of carbonyl (C=O) groups is 2. The lowest BCUT2D eigenvalue weighted by molar-refractivity contribution is -0.134. The number of rotatable bonds is 6. The Balaban J connectivity index is 1.46. The monoisotopic (exact) mass is 465 g/mol. The van der Waals surface area contributed by atoms with E-state index in [9.17, 15) is 18.8 Å². The fraction of sp³-hybridized carbons (Fsp3) is 0.385. The third-order valence-electron chi connectivity index (χ3n) is 6.13. The van der Waals surface area contributed by atoms with Crippen LogP contribution in [0, 0.1) is 5.82 Å². The van der Waals surface area contributed by atoms with Crippen LogP contribution in [0.25, 0.3) is 10.9 Å². The first-order valence-electron chi connectivity index (χ1n) is 11.7. The van der Waals surface area contributed by atoms with Crippen LogP contribution in [0.15, 0.2) is 47.3 Å². The summed E-state index contributed by atoms with van der Waals surface area (Å²) in [4.78, 5) is 44.3. The van der Waals surface area contributed by atoms with E-state index in [1.54, 1.807) is 35.8 Å². The minimum atomic E-state index is -0.661. The van der Waals surface area contributed by atoms with Crippen molar-refractivity contribution in [2.24, 2.45) is 0 Å². The second-order valence-corrected chi connectivity index (χ2v) is 8.49. The number of hydrogen-bond donors (Lipinski definition) is 0. The van der Waals surface area contributed by atoms with Crippen molar-refractivity contribution in [2.45, 2.75) is 52.1 Å². The molecule has 0 atom stereocenters. The molecule has 1 amide bonds. The maximum atomic E-state index is 13.4. The van der Waals surface area contributed by atoms with Crippen LogP contribution in [0.2, 0.25) is 0 Å². The summed E-state index contributed by atoms with van der Waals surface area (Å²) in [5.41, 5.74) is 1.26. The van der Waals surface area contributed by atoms with Crippen LogP contribution in [0.1, 0.15) is 54.4 Å². The molecule has 0 radical (unpaired) electrons. The van der Waals surface area contributed by atoms with Crippen molar-refractivity contribution < 1.29 is 18.7 Å². The maximum absolute atomic E-state index is 13.4. The van der Waals surface area contributed by atoms with Crippen LogP contribution in [0.4, 0.5) is 4.39 Å². The Morgan fingerprint density at radius 3 is 2.74 bits per heavy atom. The lowest BCUT2D eigenvalue weighted by atomic mass is 10.1. The summed E-state index contributed by atoms with van der Waals surface area (Å²) in [7, 11) is 0. The van der Waals surface area contributed by atoms with Crippen LogP contribution in [-0.4, -0.2) is 39.5 Å². The van der Waals surface area contributed by atoms with Gasteiger partial charge >= 0.3 is 5.97 Å². The molecule has 7 nitrogen and oxygen atoms in total. The molecule has 1 aromatic heterocycles. The van der Waals surface area contributed by atoms with Gasteiger partial charge in [-0.25, -0.2) is 14.2 Å². The summed E-state index contributed by atoms with van der Waals surface area (Å²) >= 11 is 0. The fourth-order valence-electron chi connectivity index (χ4n) is 4.26. The zero-order valence-electron chi connectivity index (χ0n) is 19.3. The van der Waals surface area contributed by atoms with E-state index in [0.717, 1.165) is 37.9 Å². The normalized spacial score (nSPS) is 13.6. The van der Waals surface area contributed by atoms with Gasteiger partial charge in [0, 0.05) is 26.1 Å². The molecule has 2 heterocycles. The Labute approximate surface area is 197 Å². The van der Waals surface area contributed by atoms with Crippen LogP contribution in [-0.2, 0) is 29.0 Å². The van der Waals surface area contributed by atoms with E-state index in [1.165, 1.54) is 23.1 Å². The predicted octanol–water partition coefficient (Wildman–Crippen LogP) is 3.86. The van der Waals surface area contributed by atoms with Gasteiger partial charge in [-0.15, -0.1) is 0 Å². The second-order valence-electron chi connectivity index (χ2n) is 8.49. The molecule has 178 valence electrons. The third kappa shape index (κ3) is 5.32. The van der Waals surface area contributed by atoms with E-state index in [2.05, 4.69) is 4.98 Å². The predicted molar refractivity (Wildman–Crippen MR) is 126 cm³/mol. The van der Waals surface area contributed by atoms with Crippen molar-refractivity contribution in [3.8, 4) is 0 Å².